The quantitative estimate of drug-likeness (QED) is 0.749. The monoisotopic (exact) mass is 341 g/mol. The van der Waals surface area contributed by atoms with E-state index in [4.69, 9.17) is 11.6 Å². The highest BCUT2D eigenvalue weighted by atomic mass is 35.5. The second kappa shape index (κ2) is 6.61. The number of aromatic nitrogens is 4. The predicted octanol–water partition coefficient (Wildman–Crippen LogP) is 4.36. The average molecular weight is 342 g/mol. The SMILES string of the molecule is CCC(C)(Nc1ccc(Cl)cc1)c1nnnn1-c1ccccc1C. The predicted molar refractivity (Wildman–Crippen MR) is 96.6 cm³/mol. The van der Waals surface area contributed by atoms with Crippen molar-refractivity contribution in [3.05, 3.63) is 64.9 Å². The Morgan fingerprint density at radius 2 is 1.83 bits per heavy atom. The first kappa shape index (κ1) is 16.5. The van der Waals surface area contributed by atoms with Crippen LogP contribution in [0.4, 0.5) is 5.69 Å². The van der Waals surface area contributed by atoms with Gasteiger partial charge in [-0.15, -0.1) is 5.10 Å². The van der Waals surface area contributed by atoms with E-state index in [9.17, 15) is 0 Å². The third kappa shape index (κ3) is 3.12. The number of nitrogens with one attached hydrogen (secondary N) is 1. The standard InChI is InChI=1S/C18H20ClN5/c1-4-18(3,20-15-11-9-14(19)10-12-15)17-21-22-23-24(17)16-8-6-5-7-13(16)2/h5-12,20H,4H2,1-3H3. The molecule has 0 saturated heterocycles. The Hall–Kier alpha value is -2.40. The fourth-order valence-electron chi connectivity index (χ4n) is 2.65. The van der Waals surface area contributed by atoms with Crippen molar-refractivity contribution >= 4 is 17.3 Å². The molecule has 0 fully saturated rings. The first-order chi connectivity index (χ1) is 11.5. The zero-order valence-electron chi connectivity index (χ0n) is 14.0. The molecular weight excluding hydrogens is 322 g/mol. The van der Waals surface area contributed by atoms with Gasteiger partial charge in [0.05, 0.1) is 11.2 Å². The Balaban J connectivity index is 2.01. The highest BCUT2D eigenvalue weighted by Crippen LogP contribution is 2.30. The maximum atomic E-state index is 5.97. The highest BCUT2D eigenvalue weighted by Gasteiger charge is 2.31. The van der Waals surface area contributed by atoms with Crippen LogP contribution >= 0.6 is 11.6 Å². The largest absolute Gasteiger partial charge is 0.373 e. The Kier molecular flexibility index (Phi) is 4.53. The normalized spacial score (nSPS) is 13.5. The van der Waals surface area contributed by atoms with Crippen LogP contribution in [0.15, 0.2) is 48.5 Å². The van der Waals surface area contributed by atoms with Gasteiger partial charge in [-0.1, -0.05) is 36.7 Å². The number of hydrogen-bond donors (Lipinski definition) is 1. The van der Waals surface area contributed by atoms with E-state index in [2.05, 4.69) is 47.7 Å². The Labute approximate surface area is 146 Å². The minimum Gasteiger partial charge on any atom is -0.373 e. The van der Waals surface area contributed by atoms with E-state index in [0.717, 1.165) is 29.2 Å². The fourth-order valence-corrected chi connectivity index (χ4v) is 2.77. The van der Waals surface area contributed by atoms with Gasteiger partial charge in [0.15, 0.2) is 5.82 Å². The van der Waals surface area contributed by atoms with E-state index < -0.39 is 5.54 Å². The molecule has 5 nitrogen and oxygen atoms in total. The molecule has 124 valence electrons. The molecule has 1 N–H and O–H groups in total. The molecule has 6 heteroatoms. The smallest absolute Gasteiger partial charge is 0.181 e. The summed E-state index contributed by atoms with van der Waals surface area (Å²) in [6.45, 7) is 6.26. The summed E-state index contributed by atoms with van der Waals surface area (Å²) in [5, 5.41) is 16.7. The summed E-state index contributed by atoms with van der Waals surface area (Å²) in [5.41, 5.74) is 2.66. The number of tetrazole rings is 1. The summed E-state index contributed by atoms with van der Waals surface area (Å²) in [6.07, 6.45) is 0.821. The van der Waals surface area contributed by atoms with Gasteiger partial charge in [-0.2, -0.15) is 4.68 Å². The molecule has 24 heavy (non-hydrogen) atoms. The molecule has 0 aliphatic heterocycles. The Morgan fingerprint density at radius 1 is 1.12 bits per heavy atom. The maximum Gasteiger partial charge on any atom is 0.181 e. The van der Waals surface area contributed by atoms with Crippen molar-refractivity contribution in [2.45, 2.75) is 32.7 Å². The van der Waals surface area contributed by atoms with Gasteiger partial charge in [-0.05, 0) is 66.6 Å². The molecule has 0 radical (unpaired) electrons. The van der Waals surface area contributed by atoms with Crippen molar-refractivity contribution in [1.82, 2.24) is 20.2 Å². The third-order valence-corrected chi connectivity index (χ3v) is 4.53. The second-order valence-corrected chi connectivity index (χ2v) is 6.45. The van der Waals surface area contributed by atoms with E-state index in [1.807, 2.05) is 47.1 Å². The molecular formula is C18H20ClN5. The lowest BCUT2D eigenvalue weighted by atomic mass is 9.96. The summed E-state index contributed by atoms with van der Waals surface area (Å²) in [7, 11) is 0. The molecule has 1 unspecified atom stereocenters. The topological polar surface area (TPSA) is 55.6 Å². The van der Waals surface area contributed by atoms with Gasteiger partial charge in [0.2, 0.25) is 0 Å². The molecule has 1 aromatic heterocycles. The summed E-state index contributed by atoms with van der Waals surface area (Å²) in [6, 6.07) is 15.7. The maximum absolute atomic E-state index is 5.97. The lowest BCUT2D eigenvalue weighted by Gasteiger charge is -2.29. The van der Waals surface area contributed by atoms with Crippen LogP contribution in [0.2, 0.25) is 5.02 Å². The highest BCUT2D eigenvalue weighted by molar-refractivity contribution is 6.30. The lowest BCUT2D eigenvalue weighted by Crippen LogP contribution is -2.34. The molecule has 0 aliphatic carbocycles. The fraction of sp³-hybridized carbons (Fsp3) is 0.278. The van der Waals surface area contributed by atoms with Gasteiger partial charge in [0.25, 0.3) is 0 Å². The van der Waals surface area contributed by atoms with Crippen LogP contribution in [0.3, 0.4) is 0 Å². The number of nitrogens with zero attached hydrogens (tertiary/aromatic N) is 4. The zero-order chi connectivity index (χ0) is 17.2. The molecule has 1 heterocycles. The number of rotatable bonds is 5. The number of aryl methyl sites for hydroxylation is 1. The van der Waals surface area contributed by atoms with Crippen LogP contribution in [-0.4, -0.2) is 20.2 Å². The molecule has 3 rings (SSSR count). The van der Waals surface area contributed by atoms with Crippen LogP contribution in [0.25, 0.3) is 5.69 Å². The van der Waals surface area contributed by atoms with E-state index in [1.54, 1.807) is 0 Å². The van der Waals surface area contributed by atoms with Crippen molar-refractivity contribution < 1.29 is 0 Å². The van der Waals surface area contributed by atoms with Crippen molar-refractivity contribution in [2.24, 2.45) is 0 Å². The number of anilines is 1. The second-order valence-electron chi connectivity index (χ2n) is 6.02. The van der Waals surface area contributed by atoms with Gasteiger partial charge >= 0.3 is 0 Å². The van der Waals surface area contributed by atoms with Crippen LogP contribution < -0.4 is 5.32 Å². The van der Waals surface area contributed by atoms with E-state index in [1.165, 1.54) is 0 Å². The lowest BCUT2D eigenvalue weighted by molar-refractivity contribution is 0.474. The molecule has 0 bridgehead atoms. The molecule has 0 saturated carbocycles. The van der Waals surface area contributed by atoms with Gasteiger partial charge in [0, 0.05) is 10.7 Å². The minimum absolute atomic E-state index is 0.417. The third-order valence-electron chi connectivity index (χ3n) is 4.28. The van der Waals surface area contributed by atoms with Gasteiger partial charge in [-0.25, -0.2) is 0 Å². The average Bonchev–Trinajstić information content (AvgIpc) is 3.07. The number of hydrogen-bond acceptors (Lipinski definition) is 4. The summed E-state index contributed by atoms with van der Waals surface area (Å²) in [4.78, 5) is 0. The van der Waals surface area contributed by atoms with Crippen molar-refractivity contribution in [3.63, 3.8) is 0 Å². The summed E-state index contributed by atoms with van der Waals surface area (Å²) in [5.74, 6) is 0.772. The molecule has 0 spiro atoms. The van der Waals surface area contributed by atoms with Crippen molar-refractivity contribution in [1.29, 1.82) is 0 Å². The molecule has 1 atom stereocenters. The van der Waals surface area contributed by atoms with Crippen molar-refractivity contribution in [3.8, 4) is 5.69 Å². The van der Waals surface area contributed by atoms with Gasteiger partial charge in [-0.3, -0.25) is 0 Å². The molecule has 0 amide bonds. The first-order valence-corrected chi connectivity index (χ1v) is 8.30. The number of para-hydroxylation sites is 1. The first-order valence-electron chi connectivity index (χ1n) is 7.92. The van der Waals surface area contributed by atoms with Crippen molar-refractivity contribution in [2.75, 3.05) is 5.32 Å². The van der Waals surface area contributed by atoms with Crippen LogP contribution in [0.1, 0.15) is 31.7 Å². The van der Waals surface area contributed by atoms with Crippen LogP contribution in [0, 0.1) is 6.92 Å². The van der Waals surface area contributed by atoms with Crippen LogP contribution in [0.5, 0.6) is 0 Å². The molecule has 2 aromatic carbocycles. The number of halogens is 1. The molecule has 3 aromatic rings. The number of benzene rings is 2. The summed E-state index contributed by atoms with van der Waals surface area (Å²) >= 11 is 5.97. The van der Waals surface area contributed by atoms with E-state index >= 15 is 0 Å². The van der Waals surface area contributed by atoms with Gasteiger partial charge < -0.3 is 5.32 Å². The zero-order valence-corrected chi connectivity index (χ0v) is 14.7. The minimum atomic E-state index is -0.417. The van der Waals surface area contributed by atoms with Gasteiger partial charge in [0.1, 0.15) is 0 Å². The summed E-state index contributed by atoms with van der Waals surface area (Å²) < 4.78 is 1.81. The Morgan fingerprint density at radius 3 is 2.50 bits per heavy atom. The van der Waals surface area contributed by atoms with E-state index in [0.29, 0.717) is 5.02 Å². The Bertz CT molecular complexity index is 827. The van der Waals surface area contributed by atoms with Crippen LogP contribution in [-0.2, 0) is 5.54 Å². The van der Waals surface area contributed by atoms with E-state index in [-0.39, 0.29) is 0 Å². The molecule has 0 aliphatic rings.